The lowest BCUT2D eigenvalue weighted by molar-refractivity contribution is 0.300. The Bertz CT molecular complexity index is 449. The Morgan fingerprint density at radius 2 is 1.31 bits per heavy atom. The first kappa shape index (κ1) is 23.1. The summed E-state index contributed by atoms with van der Waals surface area (Å²) in [6.07, 6.45) is 17.3. The summed E-state index contributed by atoms with van der Waals surface area (Å²) < 4.78 is 6.13. The Balaban J connectivity index is 2.37. The van der Waals surface area contributed by atoms with E-state index in [-0.39, 0.29) is 0 Å². The molecule has 0 amide bonds. The standard InChI is InChI=1S/C25H44O/c1-5-7-9-11-13-15-17-23-18-19-25(24(21-23)22(3)4)26-20-16-14-12-10-8-6-2/h18-19,21-22H,5-17,20H2,1-4H3. The van der Waals surface area contributed by atoms with Crippen LogP contribution in [-0.4, -0.2) is 6.61 Å². The van der Waals surface area contributed by atoms with Crippen LogP contribution in [0.5, 0.6) is 5.75 Å². The third-order valence-corrected chi connectivity index (χ3v) is 5.27. The van der Waals surface area contributed by atoms with Gasteiger partial charge in [0, 0.05) is 0 Å². The third kappa shape index (κ3) is 10.2. The van der Waals surface area contributed by atoms with Gasteiger partial charge in [0.2, 0.25) is 0 Å². The number of hydrogen-bond acceptors (Lipinski definition) is 1. The van der Waals surface area contributed by atoms with E-state index in [2.05, 4.69) is 45.9 Å². The molecule has 26 heavy (non-hydrogen) atoms. The molecule has 0 unspecified atom stereocenters. The first-order chi connectivity index (χ1) is 12.7. The number of ether oxygens (including phenoxy) is 1. The van der Waals surface area contributed by atoms with Gasteiger partial charge in [0.25, 0.3) is 0 Å². The maximum absolute atomic E-state index is 6.13. The fourth-order valence-corrected chi connectivity index (χ4v) is 3.51. The normalized spacial score (nSPS) is 11.3. The van der Waals surface area contributed by atoms with Gasteiger partial charge in [-0.2, -0.15) is 0 Å². The summed E-state index contributed by atoms with van der Waals surface area (Å²) in [6, 6.07) is 6.90. The highest BCUT2D eigenvalue weighted by Gasteiger charge is 2.09. The van der Waals surface area contributed by atoms with E-state index in [0.29, 0.717) is 5.92 Å². The van der Waals surface area contributed by atoms with Crippen molar-refractivity contribution < 1.29 is 4.74 Å². The SMILES string of the molecule is CCCCCCCCOc1ccc(CCCCCCCC)cc1C(C)C. The summed E-state index contributed by atoms with van der Waals surface area (Å²) in [6.45, 7) is 9.97. The Labute approximate surface area is 163 Å². The summed E-state index contributed by atoms with van der Waals surface area (Å²) in [4.78, 5) is 0. The Morgan fingerprint density at radius 1 is 0.731 bits per heavy atom. The van der Waals surface area contributed by atoms with Crippen LogP contribution in [0.15, 0.2) is 18.2 Å². The molecule has 1 aromatic rings. The minimum Gasteiger partial charge on any atom is -0.493 e. The molecule has 0 fully saturated rings. The van der Waals surface area contributed by atoms with Gasteiger partial charge in [0.05, 0.1) is 6.61 Å². The molecule has 1 aromatic carbocycles. The first-order valence-corrected chi connectivity index (χ1v) is 11.4. The molecule has 0 aliphatic rings. The number of benzene rings is 1. The molecule has 0 radical (unpaired) electrons. The molecule has 150 valence electrons. The smallest absolute Gasteiger partial charge is 0.122 e. The summed E-state index contributed by atoms with van der Waals surface area (Å²) in [5, 5.41) is 0. The second kappa shape index (κ2) is 15.1. The van der Waals surface area contributed by atoms with Crippen LogP contribution in [0, 0.1) is 0 Å². The zero-order chi connectivity index (χ0) is 19.0. The van der Waals surface area contributed by atoms with Crippen molar-refractivity contribution in [3.8, 4) is 5.75 Å². The number of aryl methyl sites for hydroxylation is 1. The van der Waals surface area contributed by atoms with Crippen molar-refractivity contribution in [1.82, 2.24) is 0 Å². The van der Waals surface area contributed by atoms with Crippen molar-refractivity contribution in [2.75, 3.05) is 6.61 Å². The molecule has 0 N–H and O–H groups in total. The van der Waals surface area contributed by atoms with Gasteiger partial charge < -0.3 is 4.74 Å². The van der Waals surface area contributed by atoms with Crippen molar-refractivity contribution in [3.63, 3.8) is 0 Å². The van der Waals surface area contributed by atoms with E-state index in [1.54, 1.807) is 0 Å². The molecule has 0 heterocycles. The van der Waals surface area contributed by atoms with Crippen LogP contribution in [0.2, 0.25) is 0 Å². The largest absolute Gasteiger partial charge is 0.493 e. The molecule has 1 rings (SSSR count). The third-order valence-electron chi connectivity index (χ3n) is 5.27. The topological polar surface area (TPSA) is 9.23 Å². The van der Waals surface area contributed by atoms with Gasteiger partial charge in [0.15, 0.2) is 0 Å². The zero-order valence-electron chi connectivity index (χ0n) is 18.1. The van der Waals surface area contributed by atoms with Crippen molar-refractivity contribution in [1.29, 1.82) is 0 Å². The van der Waals surface area contributed by atoms with Crippen LogP contribution in [0.3, 0.4) is 0 Å². The minimum absolute atomic E-state index is 0.527. The van der Waals surface area contributed by atoms with Gasteiger partial charge in [-0.05, 0) is 42.4 Å². The van der Waals surface area contributed by atoms with Gasteiger partial charge in [-0.3, -0.25) is 0 Å². The molecule has 1 heteroatoms. The van der Waals surface area contributed by atoms with Crippen LogP contribution in [0.1, 0.15) is 122 Å². The van der Waals surface area contributed by atoms with E-state index in [9.17, 15) is 0 Å². The molecule has 0 spiro atoms. The molecule has 0 aromatic heterocycles. The van der Waals surface area contributed by atoms with Crippen molar-refractivity contribution in [2.24, 2.45) is 0 Å². The average molecular weight is 361 g/mol. The Kier molecular flexibility index (Phi) is 13.4. The zero-order valence-corrected chi connectivity index (χ0v) is 18.1. The maximum Gasteiger partial charge on any atom is 0.122 e. The second-order valence-corrected chi connectivity index (χ2v) is 8.16. The van der Waals surface area contributed by atoms with Gasteiger partial charge in [-0.15, -0.1) is 0 Å². The summed E-state index contributed by atoms with van der Waals surface area (Å²) in [5.74, 6) is 1.64. The predicted octanol–water partition coefficient (Wildman–Crippen LogP) is 8.45. The molecular formula is C25H44O. The fraction of sp³-hybridized carbons (Fsp3) is 0.760. The Morgan fingerprint density at radius 3 is 1.92 bits per heavy atom. The molecular weight excluding hydrogens is 316 g/mol. The van der Waals surface area contributed by atoms with E-state index in [4.69, 9.17) is 4.74 Å². The van der Waals surface area contributed by atoms with Crippen LogP contribution in [0.4, 0.5) is 0 Å². The number of rotatable bonds is 16. The highest BCUT2D eigenvalue weighted by molar-refractivity contribution is 5.39. The van der Waals surface area contributed by atoms with E-state index >= 15 is 0 Å². The monoisotopic (exact) mass is 360 g/mol. The average Bonchev–Trinajstić information content (AvgIpc) is 2.64. The molecule has 0 bridgehead atoms. The van der Waals surface area contributed by atoms with Crippen molar-refractivity contribution >= 4 is 0 Å². The summed E-state index contributed by atoms with van der Waals surface area (Å²) in [5.41, 5.74) is 2.87. The lowest BCUT2D eigenvalue weighted by Gasteiger charge is -2.16. The van der Waals surface area contributed by atoms with E-state index in [1.165, 1.54) is 94.6 Å². The number of unbranched alkanes of at least 4 members (excludes halogenated alkanes) is 10. The first-order valence-electron chi connectivity index (χ1n) is 11.4. The summed E-state index contributed by atoms with van der Waals surface area (Å²) in [7, 11) is 0. The maximum atomic E-state index is 6.13. The molecule has 1 nitrogen and oxygen atoms in total. The second-order valence-electron chi connectivity index (χ2n) is 8.16. The minimum atomic E-state index is 0.527. The molecule has 0 aliphatic heterocycles. The Hall–Kier alpha value is -0.980. The predicted molar refractivity (Wildman–Crippen MR) is 116 cm³/mol. The lowest BCUT2D eigenvalue weighted by atomic mass is 9.97. The lowest BCUT2D eigenvalue weighted by Crippen LogP contribution is -2.02. The van der Waals surface area contributed by atoms with Crippen molar-refractivity contribution in [3.05, 3.63) is 29.3 Å². The molecule has 0 atom stereocenters. The van der Waals surface area contributed by atoms with Crippen molar-refractivity contribution in [2.45, 2.75) is 117 Å². The van der Waals surface area contributed by atoms with Crippen LogP contribution in [-0.2, 0) is 6.42 Å². The van der Waals surface area contributed by atoms with Crippen LogP contribution >= 0.6 is 0 Å². The summed E-state index contributed by atoms with van der Waals surface area (Å²) >= 11 is 0. The van der Waals surface area contributed by atoms with Gasteiger partial charge in [0.1, 0.15) is 5.75 Å². The molecule has 0 aliphatic carbocycles. The molecule has 0 saturated heterocycles. The number of hydrogen-bond donors (Lipinski definition) is 0. The quantitative estimate of drug-likeness (QED) is 0.269. The van der Waals surface area contributed by atoms with Gasteiger partial charge in [-0.25, -0.2) is 0 Å². The molecule has 0 saturated carbocycles. The van der Waals surface area contributed by atoms with Crippen LogP contribution in [0.25, 0.3) is 0 Å². The highest BCUT2D eigenvalue weighted by Crippen LogP contribution is 2.28. The van der Waals surface area contributed by atoms with Crippen LogP contribution < -0.4 is 4.74 Å². The van der Waals surface area contributed by atoms with E-state index in [1.807, 2.05) is 0 Å². The van der Waals surface area contributed by atoms with E-state index in [0.717, 1.165) is 12.4 Å². The van der Waals surface area contributed by atoms with Gasteiger partial charge in [-0.1, -0.05) is 104 Å². The van der Waals surface area contributed by atoms with Gasteiger partial charge >= 0.3 is 0 Å². The fourth-order valence-electron chi connectivity index (χ4n) is 3.51. The highest BCUT2D eigenvalue weighted by atomic mass is 16.5. The van der Waals surface area contributed by atoms with E-state index < -0.39 is 0 Å².